The molecule has 13 heavy (non-hydrogen) atoms. The maximum atomic E-state index is 9.69. The zero-order valence-electron chi connectivity index (χ0n) is 7.27. The topological polar surface area (TPSA) is 74.7 Å². The van der Waals surface area contributed by atoms with Crippen LogP contribution in [0.5, 0.6) is 0 Å². The molecule has 0 saturated carbocycles. The van der Waals surface area contributed by atoms with Crippen LogP contribution in [0.3, 0.4) is 0 Å². The molecule has 0 aliphatic carbocycles. The lowest BCUT2D eigenvalue weighted by atomic mass is 10.0. The minimum atomic E-state index is -0.862. The molecule has 2 unspecified atom stereocenters. The summed E-state index contributed by atoms with van der Waals surface area (Å²) in [5.74, 6) is -0.478. The van der Waals surface area contributed by atoms with Gasteiger partial charge in [-0.1, -0.05) is 5.21 Å². The van der Waals surface area contributed by atoms with Gasteiger partial charge in [0.25, 0.3) is 0 Å². The molecule has 6 heteroatoms. The molecule has 1 heterocycles. The first-order valence-electron chi connectivity index (χ1n) is 3.70. The highest BCUT2D eigenvalue weighted by Crippen LogP contribution is 2.25. The standard InChI is InChI=1S/C7H9BrN4O/c1-4(3-9)6(13)5-7(8)10-11-12(5)2/h4,6,13H,1-2H3. The number of aliphatic hydroxyl groups is 1. The Labute approximate surface area is 84.1 Å². The van der Waals surface area contributed by atoms with E-state index in [0.29, 0.717) is 10.3 Å². The number of hydrogen-bond acceptors (Lipinski definition) is 4. The van der Waals surface area contributed by atoms with Crippen molar-refractivity contribution in [2.24, 2.45) is 13.0 Å². The van der Waals surface area contributed by atoms with Gasteiger partial charge in [-0.15, -0.1) is 5.10 Å². The summed E-state index contributed by atoms with van der Waals surface area (Å²) in [5.41, 5.74) is 0.522. The van der Waals surface area contributed by atoms with E-state index < -0.39 is 12.0 Å². The van der Waals surface area contributed by atoms with Crippen LogP contribution >= 0.6 is 15.9 Å². The van der Waals surface area contributed by atoms with E-state index in [1.165, 1.54) is 4.68 Å². The average molecular weight is 245 g/mol. The molecule has 1 rings (SSSR count). The highest BCUT2D eigenvalue weighted by molar-refractivity contribution is 9.10. The molecule has 5 nitrogen and oxygen atoms in total. The molecule has 0 radical (unpaired) electrons. The molecule has 0 aromatic carbocycles. The van der Waals surface area contributed by atoms with Crippen molar-refractivity contribution in [2.75, 3.05) is 0 Å². The monoisotopic (exact) mass is 244 g/mol. The molecule has 2 atom stereocenters. The normalized spacial score (nSPS) is 15.0. The van der Waals surface area contributed by atoms with E-state index in [2.05, 4.69) is 26.2 Å². The maximum Gasteiger partial charge on any atom is 0.154 e. The van der Waals surface area contributed by atoms with Gasteiger partial charge in [0.15, 0.2) is 4.60 Å². The van der Waals surface area contributed by atoms with E-state index in [1.54, 1.807) is 14.0 Å². The third-order valence-electron chi connectivity index (χ3n) is 1.78. The molecule has 0 aliphatic heterocycles. The quantitative estimate of drug-likeness (QED) is 0.834. The van der Waals surface area contributed by atoms with Crippen molar-refractivity contribution in [1.82, 2.24) is 15.0 Å². The van der Waals surface area contributed by atoms with Gasteiger partial charge in [-0.05, 0) is 22.9 Å². The number of aromatic nitrogens is 3. The summed E-state index contributed by atoms with van der Waals surface area (Å²) in [5, 5.41) is 25.7. The van der Waals surface area contributed by atoms with E-state index in [1.807, 2.05) is 6.07 Å². The summed E-state index contributed by atoms with van der Waals surface area (Å²) in [6, 6.07) is 1.97. The van der Waals surface area contributed by atoms with Gasteiger partial charge >= 0.3 is 0 Å². The minimum absolute atomic E-state index is 0.476. The van der Waals surface area contributed by atoms with E-state index in [0.717, 1.165) is 0 Å². The summed E-state index contributed by atoms with van der Waals surface area (Å²) >= 11 is 3.15. The first kappa shape index (κ1) is 10.2. The van der Waals surface area contributed by atoms with Crippen LogP contribution in [0, 0.1) is 17.2 Å². The highest BCUT2D eigenvalue weighted by Gasteiger charge is 2.22. The lowest BCUT2D eigenvalue weighted by Crippen LogP contribution is -2.12. The van der Waals surface area contributed by atoms with Crippen molar-refractivity contribution in [1.29, 1.82) is 5.26 Å². The zero-order valence-corrected chi connectivity index (χ0v) is 8.85. The van der Waals surface area contributed by atoms with Crippen LogP contribution in [0.15, 0.2) is 4.60 Å². The van der Waals surface area contributed by atoms with Crippen LogP contribution in [0.1, 0.15) is 18.7 Å². The second-order valence-corrected chi connectivity index (χ2v) is 3.50. The van der Waals surface area contributed by atoms with Crippen LogP contribution in [-0.2, 0) is 7.05 Å². The number of aliphatic hydroxyl groups excluding tert-OH is 1. The molecule has 0 saturated heterocycles. The van der Waals surface area contributed by atoms with Crippen LogP contribution in [0.4, 0.5) is 0 Å². The number of nitrogens with zero attached hydrogens (tertiary/aromatic N) is 4. The number of rotatable bonds is 2. The second kappa shape index (κ2) is 3.85. The first-order valence-corrected chi connectivity index (χ1v) is 4.50. The zero-order chi connectivity index (χ0) is 10.0. The van der Waals surface area contributed by atoms with Crippen molar-refractivity contribution >= 4 is 15.9 Å². The van der Waals surface area contributed by atoms with E-state index in [4.69, 9.17) is 5.26 Å². The fraction of sp³-hybridized carbons (Fsp3) is 0.571. The molecule has 0 bridgehead atoms. The SMILES string of the molecule is CC(C#N)C(O)c1c(Br)nnn1C. The fourth-order valence-electron chi connectivity index (χ4n) is 0.960. The van der Waals surface area contributed by atoms with Crippen LogP contribution in [0.25, 0.3) is 0 Å². The van der Waals surface area contributed by atoms with Gasteiger partial charge in [0.2, 0.25) is 0 Å². The minimum Gasteiger partial charge on any atom is -0.385 e. The summed E-state index contributed by atoms with van der Waals surface area (Å²) in [6.07, 6.45) is -0.862. The van der Waals surface area contributed by atoms with Gasteiger partial charge in [0.1, 0.15) is 11.8 Å². The second-order valence-electron chi connectivity index (χ2n) is 2.75. The van der Waals surface area contributed by atoms with Gasteiger partial charge in [-0.2, -0.15) is 5.26 Å². The number of nitriles is 1. The van der Waals surface area contributed by atoms with E-state index in [9.17, 15) is 5.11 Å². The Balaban J connectivity index is 3.02. The lowest BCUT2D eigenvalue weighted by molar-refractivity contribution is 0.133. The number of halogens is 1. The molecule has 1 N–H and O–H groups in total. The van der Waals surface area contributed by atoms with Gasteiger partial charge in [-0.3, -0.25) is 0 Å². The Morgan fingerprint density at radius 1 is 1.69 bits per heavy atom. The summed E-state index contributed by atoms with van der Waals surface area (Å²) in [6.45, 7) is 1.64. The maximum absolute atomic E-state index is 9.69. The van der Waals surface area contributed by atoms with Crippen molar-refractivity contribution < 1.29 is 5.11 Å². The van der Waals surface area contributed by atoms with Crippen molar-refractivity contribution in [3.8, 4) is 6.07 Å². The first-order chi connectivity index (χ1) is 6.07. The average Bonchev–Trinajstić information content (AvgIpc) is 2.44. The Hall–Kier alpha value is -0.930. The molecule has 1 aromatic heterocycles. The molecular weight excluding hydrogens is 236 g/mol. The smallest absolute Gasteiger partial charge is 0.154 e. The van der Waals surface area contributed by atoms with Crippen LogP contribution in [0.2, 0.25) is 0 Å². The summed E-state index contributed by atoms with van der Waals surface area (Å²) in [4.78, 5) is 0. The fourth-order valence-corrected chi connectivity index (χ4v) is 1.52. The van der Waals surface area contributed by atoms with Crippen molar-refractivity contribution in [2.45, 2.75) is 13.0 Å². The van der Waals surface area contributed by atoms with Gasteiger partial charge in [-0.25, -0.2) is 4.68 Å². The Morgan fingerprint density at radius 3 is 2.69 bits per heavy atom. The van der Waals surface area contributed by atoms with Crippen LogP contribution in [-0.4, -0.2) is 20.1 Å². The Morgan fingerprint density at radius 2 is 2.31 bits per heavy atom. The van der Waals surface area contributed by atoms with Crippen molar-refractivity contribution in [3.05, 3.63) is 10.3 Å². The lowest BCUT2D eigenvalue weighted by Gasteiger charge is -2.11. The molecule has 70 valence electrons. The molecule has 0 amide bonds. The summed E-state index contributed by atoms with van der Waals surface area (Å²) in [7, 11) is 1.67. The molecular formula is C7H9BrN4O. The van der Waals surface area contributed by atoms with Gasteiger partial charge in [0.05, 0.1) is 12.0 Å². The molecule has 0 aliphatic rings. The van der Waals surface area contributed by atoms with Gasteiger partial charge < -0.3 is 5.11 Å². The third kappa shape index (κ3) is 1.87. The highest BCUT2D eigenvalue weighted by atomic mass is 79.9. The Bertz CT molecular complexity index is 323. The van der Waals surface area contributed by atoms with Crippen LogP contribution < -0.4 is 0 Å². The molecule has 0 fully saturated rings. The predicted molar refractivity (Wildman–Crippen MR) is 48.4 cm³/mol. The van der Waals surface area contributed by atoms with Crippen molar-refractivity contribution in [3.63, 3.8) is 0 Å². The Kier molecular flexibility index (Phi) is 3.01. The summed E-state index contributed by atoms with van der Waals surface area (Å²) < 4.78 is 1.92. The number of aryl methyl sites for hydroxylation is 1. The molecule has 0 spiro atoms. The van der Waals surface area contributed by atoms with E-state index >= 15 is 0 Å². The van der Waals surface area contributed by atoms with E-state index in [-0.39, 0.29) is 0 Å². The third-order valence-corrected chi connectivity index (χ3v) is 2.35. The molecule has 1 aromatic rings. The predicted octanol–water partition coefficient (Wildman–Crippen LogP) is 0.771. The number of hydrogen-bond donors (Lipinski definition) is 1. The van der Waals surface area contributed by atoms with Gasteiger partial charge in [0, 0.05) is 7.05 Å². The largest absolute Gasteiger partial charge is 0.385 e.